The molecule has 7 heteroatoms. The van der Waals surface area contributed by atoms with Crippen LogP contribution in [0.1, 0.15) is 29.5 Å². The number of hydrogen-bond donors (Lipinski definition) is 1. The van der Waals surface area contributed by atoms with Crippen LogP contribution in [0.3, 0.4) is 0 Å². The fourth-order valence-electron chi connectivity index (χ4n) is 2.58. The lowest BCUT2D eigenvalue weighted by Crippen LogP contribution is -2.40. The molecule has 0 radical (unpaired) electrons. The van der Waals surface area contributed by atoms with E-state index >= 15 is 0 Å². The van der Waals surface area contributed by atoms with Crippen molar-refractivity contribution in [3.63, 3.8) is 0 Å². The van der Waals surface area contributed by atoms with Crippen molar-refractivity contribution < 1.29 is 18.0 Å². The molecule has 1 fully saturated rings. The van der Waals surface area contributed by atoms with Gasteiger partial charge in [0.2, 0.25) is 0 Å². The molecule has 0 aliphatic heterocycles. The van der Waals surface area contributed by atoms with E-state index in [1.54, 1.807) is 29.4 Å². The second-order valence-electron chi connectivity index (χ2n) is 6.08. The Kier molecular flexibility index (Phi) is 4.92. The second-order valence-corrected chi connectivity index (χ2v) is 6.08. The van der Waals surface area contributed by atoms with Gasteiger partial charge in [-0.05, 0) is 42.2 Å². The topological polar surface area (TPSA) is 45.2 Å². The number of rotatable bonds is 5. The molecule has 1 aliphatic rings. The SMILES string of the molecule is O=C(NCc1cccc(C(F)(F)F)c1)N(Cc1cccnc1)C1CC1. The highest BCUT2D eigenvalue weighted by Crippen LogP contribution is 2.30. The Balaban J connectivity index is 1.62. The van der Waals surface area contributed by atoms with E-state index in [0.717, 1.165) is 30.5 Å². The summed E-state index contributed by atoms with van der Waals surface area (Å²) >= 11 is 0. The summed E-state index contributed by atoms with van der Waals surface area (Å²) in [4.78, 5) is 18.2. The molecule has 0 saturated heterocycles. The molecule has 25 heavy (non-hydrogen) atoms. The van der Waals surface area contributed by atoms with E-state index in [4.69, 9.17) is 0 Å². The molecule has 1 aliphatic carbocycles. The van der Waals surface area contributed by atoms with Crippen LogP contribution in [0.25, 0.3) is 0 Å². The van der Waals surface area contributed by atoms with Gasteiger partial charge in [0, 0.05) is 31.5 Å². The summed E-state index contributed by atoms with van der Waals surface area (Å²) in [5.41, 5.74) is 0.623. The van der Waals surface area contributed by atoms with Crippen LogP contribution in [0.4, 0.5) is 18.0 Å². The van der Waals surface area contributed by atoms with Crippen molar-refractivity contribution in [3.8, 4) is 0 Å². The third-order valence-corrected chi connectivity index (χ3v) is 4.02. The van der Waals surface area contributed by atoms with Crippen LogP contribution in [0.15, 0.2) is 48.8 Å². The van der Waals surface area contributed by atoms with Gasteiger partial charge in [-0.1, -0.05) is 18.2 Å². The molecular weight excluding hydrogens is 331 g/mol. The molecule has 132 valence electrons. The van der Waals surface area contributed by atoms with Gasteiger partial charge in [-0.25, -0.2) is 4.79 Å². The molecule has 1 N–H and O–H groups in total. The van der Waals surface area contributed by atoms with Crippen LogP contribution < -0.4 is 5.32 Å². The van der Waals surface area contributed by atoms with E-state index in [9.17, 15) is 18.0 Å². The zero-order valence-corrected chi connectivity index (χ0v) is 13.5. The molecule has 0 unspecified atom stereocenters. The monoisotopic (exact) mass is 349 g/mol. The summed E-state index contributed by atoms with van der Waals surface area (Å²) in [6.07, 6.45) is 0.864. The first-order chi connectivity index (χ1) is 11.9. The number of urea groups is 1. The second kappa shape index (κ2) is 7.13. The number of hydrogen-bond acceptors (Lipinski definition) is 2. The maximum atomic E-state index is 12.7. The van der Waals surface area contributed by atoms with E-state index in [1.165, 1.54) is 6.07 Å². The average molecular weight is 349 g/mol. The van der Waals surface area contributed by atoms with Gasteiger partial charge >= 0.3 is 12.2 Å². The van der Waals surface area contributed by atoms with Gasteiger partial charge in [-0.15, -0.1) is 0 Å². The first kappa shape index (κ1) is 17.3. The van der Waals surface area contributed by atoms with Crippen molar-refractivity contribution in [1.82, 2.24) is 15.2 Å². The van der Waals surface area contributed by atoms with Gasteiger partial charge in [-0.2, -0.15) is 13.2 Å². The minimum Gasteiger partial charge on any atom is -0.334 e. The van der Waals surface area contributed by atoms with Gasteiger partial charge in [0.05, 0.1) is 5.56 Å². The number of nitrogens with one attached hydrogen (secondary N) is 1. The van der Waals surface area contributed by atoms with Crippen LogP contribution >= 0.6 is 0 Å². The number of pyridine rings is 1. The fraction of sp³-hybridized carbons (Fsp3) is 0.333. The highest BCUT2D eigenvalue weighted by atomic mass is 19.4. The van der Waals surface area contributed by atoms with Crippen molar-refractivity contribution in [3.05, 3.63) is 65.5 Å². The van der Waals surface area contributed by atoms with Crippen LogP contribution in [0, 0.1) is 0 Å². The van der Waals surface area contributed by atoms with Crippen molar-refractivity contribution in [2.24, 2.45) is 0 Å². The number of benzene rings is 1. The highest BCUT2D eigenvalue weighted by molar-refractivity contribution is 5.75. The first-order valence-corrected chi connectivity index (χ1v) is 8.03. The zero-order valence-electron chi connectivity index (χ0n) is 13.5. The number of halogens is 3. The fourth-order valence-corrected chi connectivity index (χ4v) is 2.58. The standard InChI is InChI=1S/C18H18F3N3O/c19-18(20,21)15-5-1-3-13(9-15)11-23-17(25)24(16-6-7-16)12-14-4-2-8-22-10-14/h1-5,8-10,16H,6-7,11-12H2,(H,23,25). The Morgan fingerprint density at radius 3 is 2.60 bits per heavy atom. The smallest absolute Gasteiger partial charge is 0.334 e. The number of amides is 2. The van der Waals surface area contributed by atoms with E-state index in [2.05, 4.69) is 10.3 Å². The molecule has 2 aromatic rings. The molecule has 4 nitrogen and oxygen atoms in total. The molecule has 1 aromatic carbocycles. The van der Waals surface area contributed by atoms with Gasteiger partial charge < -0.3 is 10.2 Å². The lowest BCUT2D eigenvalue weighted by molar-refractivity contribution is -0.137. The molecule has 3 rings (SSSR count). The number of nitrogens with zero attached hydrogens (tertiary/aromatic N) is 2. The minimum atomic E-state index is -4.39. The normalized spacial score (nSPS) is 14.2. The molecule has 2 amide bonds. The van der Waals surface area contributed by atoms with E-state index in [0.29, 0.717) is 12.1 Å². The minimum absolute atomic E-state index is 0.0546. The van der Waals surface area contributed by atoms with Crippen LogP contribution in [0.2, 0.25) is 0 Å². The first-order valence-electron chi connectivity index (χ1n) is 8.03. The Bertz CT molecular complexity index is 730. The Morgan fingerprint density at radius 1 is 1.20 bits per heavy atom. The molecule has 1 aromatic heterocycles. The Hall–Kier alpha value is -2.57. The number of carbonyl (C=O) groups excluding carboxylic acids is 1. The van der Waals surface area contributed by atoms with Gasteiger partial charge in [0.25, 0.3) is 0 Å². The van der Waals surface area contributed by atoms with Gasteiger partial charge in [0.1, 0.15) is 0 Å². The summed E-state index contributed by atoms with van der Waals surface area (Å²) in [7, 11) is 0. The average Bonchev–Trinajstić information content (AvgIpc) is 3.43. The van der Waals surface area contributed by atoms with Gasteiger partial charge in [0.15, 0.2) is 0 Å². The summed E-state index contributed by atoms with van der Waals surface area (Å²) in [6, 6.07) is 8.60. The van der Waals surface area contributed by atoms with E-state index in [-0.39, 0.29) is 18.6 Å². The third-order valence-electron chi connectivity index (χ3n) is 4.02. The number of alkyl halides is 3. The maximum Gasteiger partial charge on any atom is 0.416 e. The lowest BCUT2D eigenvalue weighted by atomic mass is 10.1. The molecule has 1 heterocycles. The molecule has 0 bridgehead atoms. The molecule has 0 atom stereocenters. The Morgan fingerprint density at radius 2 is 1.96 bits per heavy atom. The number of aromatic nitrogens is 1. The Labute approximate surface area is 143 Å². The van der Waals surface area contributed by atoms with Crippen molar-refractivity contribution in [1.29, 1.82) is 0 Å². The third kappa shape index (κ3) is 4.71. The molecule has 0 spiro atoms. The molecule has 1 saturated carbocycles. The quantitative estimate of drug-likeness (QED) is 0.888. The maximum absolute atomic E-state index is 12.7. The molecular formula is C18H18F3N3O. The summed E-state index contributed by atoms with van der Waals surface area (Å²) in [5, 5.41) is 2.72. The summed E-state index contributed by atoms with van der Waals surface area (Å²) < 4.78 is 38.2. The van der Waals surface area contributed by atoms with E-state index < -0.39 is 11.7 Å². The highest BCUT2D eigenvalue weighted by Gasteiger charge is 2.33. The van der Waals surface area contributed by atoms with Gasteiger partial charge in [-0.3, -0.25) is 4.98 Å². The zero-order chi connectivity index (χ0) is 17.9. The van der Waals surface area contributed by atoms with Crippen molar-refractivity contribution in [2.45, 2.75) is 38.1 Å². The predicted molar refractivity (Wildman–Crippen MR) is 86.5 cm³/mol. The largest absolute Gasteiger partial charge is 0.416 e. The van der Waals surface area contributed by atoms with Crippen LogP contribution in [-0.2, 0) is 19.3 Å². The van der Waals surface area contributed by atoms with Crippen molar-refractivity contribution >= 4 is 6.03 Å². The van der Waals surface area contributed by atoms with Crippen molar-refractivity contribution in [2.75, 3.05) is 0 Å². The van der Waals surface area contributed by atoms with Crippen LogP contribution in [-0.4, -0.2) is 22.0 Å². The lowest BCUT2D eigenvalue weighted by Gasteiger charge is -2.23. The summed E-state index contributed by atoms with van der Waals surface area (Å²) in [5.74, 6) is 0. The summed E-state index contributed by atoms with van der Waals surface area (Å²) in [6.45, 7) is 0.492. The van der Waals surface area contributed by atoms with E-state index in [1.807, 2.05) is 6.07 Å². The number of carbonyl (C=O) groups is 1. The predicted octanol–water partition coefficient (Wildman–Crippen LogP) is 3.97. The van der Waals surface area contributed by atoms with Crippen LogP contribution in [0.5, 0.6) is 0 Å².